The van der Waals surface area contributed by atoms with Crippen LogP contribution in [0.5, 0.6) is 0 Å². The summed E-state index contributed by atoms with van der Waals surface area (Å²) < 4.78 is 12.9. The molecule has 2 aromatic carbocycles. The highest BCUT2D eigenvalue weighted by atomic mass is 16.5. The lowest BCUT2D eigenvalue weighted by molar-refractivity contribution is -0.191. The van der Waals surface area contributed by atoms with Gasteiger partial charge in [-0.05, 0) is 124 Å². The Morgan fingerprint density at radius 1 is 0.956 bits per heavy atom. The van der Waals surface area contributed by atoms with E-state index >= 15 is 0 Å². The van der Waals surface area contributed by atoms with Crippen molar-refractivity contribution in [2.24, 2.45) is 28.6 Å². The normalized spacial score (nSPS) is 36.7. The summed E-state index contributed by atoms with van der Waals surface area (Å²) in [5, 5.41) is 23.7. The van der Waals surface area contributed by atoms with E-state index < -0.39 is 6.10 Å². The van der Waals surface area contributed by atoms with Crippen LogP contribution in [0.25, 0.3) is 16.5 Å². The van der Waals surface area contributed by atoms with Crippen LogP contribution >= 0.6 is 0 Å². The van der Waals surface area contributed by atoms with Crippen LogP contribution in [0.1, 0.15) is 96.5 Å². The predicted molar refractivity (Wildman–Crippen MR) is 181 cm³/mol. The van der Waals surface area contributed by atoms with E-state index in [2.05, 4.69) is 89.9 Å². The number of aliphatic hydroxyl groups is 2. The minimum Gasteiger partial charge on any atom is -0.396 e. The molecule has 1 aliphatic heterocycles. The molecule has 3 aromatic rings. The lowest BCUT2D eigenvalue weighted by Gasteiger charge is -2.65. The molecule has 7 rings (SSSR count). The standard InChI is InChI=1S/C40H53NO4/c1-36(2)21-30-29-17-27-20-34(41-32(27)19-26(29)18-31(30)37(3,4)45-36)40(7)28(22-42)13-14-33-38(5,35(43)15-16-39(33,40)6)24-44-23-25-11-9-8-10-12-25/h8-12,17,19-21,28,31,33,35,41-43H,13-16,18,22-24H2,1-7H3/t28-,31-,33-,35-,38-,39-,40+/m0/s1. The fraction of sp³-hybridized carbons (Fsp3) is 0.600. The van der Waals surface area contributed by atoms with Crippen LogP contribution in [-0.4, -0.2) is 45.7 Å². The highest BCUT2D eigenvalue weighted by molar-refractivity contribution is 5.89. The Morgan fingerprint density at radius 2 is 1.71 bits per heavy atom. The first-order valence-corrected chi connectivity index (χ1v) is 17.2. The molecular formula is C40H53NO4. The lowest BCUT2D eigenvalue weighted by atomic mass is 9.40. The average Bonchev–Trinajstić information content (AvgIpc) is 3.56. The molecule has 2 saturated carbocycles. The number of H-pyrrole nitrogens is 1. The Balaban J connectivity index is 1.25. The molecule has 2 fully saturated rings. The van der Waals surface area contributed by atoms with Gasteiger partial charge in [-0.15, -0.1) is 0 Å². The fourth-order valence-corrected chi connectivity index (χ4v) is 10.7. The number of rotatable bonds is 6. The summed E-state index contributed by atoms with van der Waals surface area (Å²) in [6.07, 6.45) is 6.49. The third kappa shape index (κ3) is 4.71. The summed E-state index contributed by atoms with van der Waals surface area (Å²) in [5.74, 6) is 0.746. The molecule has 2 heterocycles. The molecule has 0 saturated heterocycles. The van der Waals surface area contributed by atoms with Crippen molar-refractivity contribution in [1.82, 2.24) is 4.98 Å². The topological polar surface area (TPSA) is 74.7 Å². The zero-order valence-electron chi connectivity index (χ0n) is 28.4. The van der Waals surface area contributed by atoms with Gasteiger partial charge in [-0.25, -0.2) is 0 Å². The molecule has 0 spiro atoms. The van der Waals surface area contributed by atoms with Gasteiger partial charge in [-0.2, -0.15) is 0 Å². The largest absolute Gasteiger partial charge is 0.396 e. The monoisotopic (exact) mass is 611 g/mol. The molecule has 0 unspecified atom stereocenters. The van der Waals surface area contributed by atoms with Crippen molar-refractivity contribution in [2.45, 2.75) is 110 Å². The molecule has 7 atom stereocenters. The maximum Gasteiger partial charge on any atom is 0.0819 e. The van der Waals surface area contributed by atoms with E-state index in [1.54, 1.807) is 0 Å². The van der Waals surface area contributed by atoms with E-state index in [4.69, 9.17) is 9.47 Å². The number of aromatic nitrogens is 1. The Labute approximate surface area is 269 Å². The van der Waals surface area contributed by atoms with Gasteiger partial charge in [-0.3, -0.25) is 0 Å². The Kier molecular flexibility index (Phi) is 7.30. The first-order valence-electron chi connectivity index (χ1n) is 17.2. The Morgan fingerprint density at radius 3 is 2.44 bits per heavy atom. The van der Waals surface area contributed by atoms with Crippen molar-refractivity contribution in [2.75, 3.05) is 13.2 Å². The van der Waals surface area contributed by atoms with E-state index in [1.807, 2.05) is 18.2 Å². The van der Waals surface area contributed by atoms with Gasteiger partial charge in [0.2, 0.25) is 0 Å². The summed E-state index contributed by atoms with van der Waals surface area (Å²) in [6, 6.07) is 17.5. The molecule has 4 aliphatic rings. The van der Waals surface area contributed by atoms with Crippen molar-refractivity contribution in [3.05, 3.63) is 77.0 Å². The van der Waals surface area contributed by atoms with Gasteiger partial charge in [0.25, 0.3) is 0 Å². The van der Waals surface area contributed by atoms with Crippen LogP contribution in [0, 0.1) is 28.6 Å². The van der Waals surface area contributed by atoms with Gasteiger partial charge < -0.3 is 24.7 Å². The van der Waals surface area contributed by atoms with E-state index in [0.717, 1.165) is 37.7 Å². The van der Waals surface area contributed by atoms with Gasteiger partial charge in [0.1, 0.15) is 0 Å². The van der Waals surface area contributed by atoms with Crippen LogP contribution in [0.15, 0.2) is 54.6 Å². The van der Waals surface area contributed by atoms with E-state index in [0.29, 0.717) is 19.1 Å². The number of benzene rings is 2. The van der Waals surface area contributed by atoms with Crippen molar-refractivity contribution in [1.29, 1.82) is 0 Å². The number of hydrogen-bond acceptors (Lipinski definition) is 4. The van der Waals surface area contributed by atoms with E-state index in [-0.39, 0.29) is 45.9 Å². The number of ether oxygens (including phenoxy) is 2. The van der Waals surface area contributed by atoms with E-state index in [1.165, 1.54) is 33.3 Å². The highest BCUT2D eigenvalue weighted by Gasteiger charge is 2.64. The number of nitrogens with one attached hydrogen (secondary N) is 1. The second-order valence-electron chi connectivity index (χ2n) is 16.6. The van der Waals surface area contributed by atoms with Gasteiger partial charge in [0.05, 0.1) is 30.5 Å². The minimum absolute atomic E-state index is 0.130. The highest BCUT2D eigenvalue weighted by Crippen LogP contribution is 2.67. The summed E-state index contributed by atoms with van der Waals surface area (Å²) in [5.41, 5.74) is 6.41. The molecule has 3 aliphatic carbocycles. The van der Waals surface area contributed by atoms with Crippen LogP contribution in [0.4, 0.5) is 0 Å². The second-order valence-corrected chi connectivity index (χ2v) is 16.6. The first kappa shape index (κ1) is 31.2. The van der Waals surface area contributed by atoms with Crippen molar-refractivity contribution in [3.63, 3.8) is 0 Å². The van der Waals surface area contributed by atoms with Gasteiger partial charge >= 0.3 is 0 Å². The molecule has 0 amide bonds. The quantitative estimate of drug-likeness (QED) is 0.264. The van der Waals surface area contributed by atoms with Gasteiger partial charge in [0.15, 0.2) is 0 Å². The summed E-state index contributed by atoms with van der Waals surface area (Å²) in [6.45, 7) is 17.1. The predicted octanol–water partition coefficient (Wildman–Crippen LogP) is 7.97. The lowest BCUT2D eigenvalue weighted by Crippen LogP contribution is -2.64. The minimum atomic E-state index is -0.416. The van der Waals surface area contributed by atoms with Gasteiger partial charge in [-0.1, -0.05) is 51.1 Å². The Bertz CT molecular complexity index is 1620. The molecule has 5 nitrogen and oxygen atoms in total. The summed E-state index contributed by atoms with van der Waals surface area (Å²) in [4.78, 5) is 3.92. The van der Waals surface area contributed by atoms with Crippen LogP contribution in [0.3, 0.4) is 0 Å². The molecule has 0 bridgehead atoms. The summed E-state index contributed by atoms with van der Waals surface area (Å²) in [7, 11) is 0. The van der Waals surface area contributed by atoms with Crippen molar-refractivity contribution in [3.8, 4) is 0 Å². The molecule has 242 valence electrons. The first-order chi connectivity index (χ1) is 21.2. The molecule has 0 radical (unpaired) electrons. The SMILES string of the molecule is CC1(C)C=C2c3cc4cc([C@@]5(C)[C@H](CO)CC[C@H]6[C@](C)(COCc7ccccc7)[C@@H](O)CC[C@@]65C)[nH]c4cc3C[C@@H]2C(C)(C)O1. The zero-order valence-corrected chi connectivity index (χ0v) is 28.4. The zero-order chi connectivity index (χ0) is 32.0. The maximum atomic E-state index is 11.6. The van der Waals surface area contributed by atoms with Gasteiger partial charge in [0, 0.05) is 40.0 Å². The number of fused-ring (bicyclic) bond motifs is 5. The molecule has 5 heteroatoms. The number of aromatic amines is 1. The molecule has 1 aromatic heterocycles. The second kappa shape index (κ2) is 10.5. The van der Waals surface area contributed by atoms with Crippen molar-refractivity contribution >= 4 is 16.5 Å². The summed E-state index contributed by atoms with van der Waals surface area (Å²) >= 11 is 0. The van der Waals surface area contributed by atoms with Crippen LogP contribution < -0.4 is 0 Å². The number of aliphatic hydroxyl groups excluding tert-OH is 2. The molecule has 45 heavy (non-hydrogen) atoms. The third-order valence-electron chi connectivity index (χ3n) is 13.2. The smallest absolute Gasteiger partial charge is 0.0819 e. The molecule has 3 N–H and O–H groups in total. The van der Waals surface area contributed by atoms with E-state index in [9.17, 15) is 10.2 Å². The fourth-order valence-electron chi connectivity index (χ4n) is 10.7. The van der Waals surface area contributed by atoms with Crippen LogP contribution in [-0.2, 0) is 27.9 Å². The molecular weight excluding hydrogens is 558 g/mol. The van der Waals surface area contributed by atoms with Crippen LogP contribution in [0.2, 0.25) is 0 Å². The maximum absolute atomic E-state index is 11.6. The Hall–Kier alpha value is -2.44. The third-order valence-corrected chi connectivity index (χ3v) is 13.2. The van der Waals surface area contributed by atoms with Crippen molar-refractivity contribution < 1.29 is 19.7 Å². The number of hydrogen-bond donors (Lipinski definition) is 3. The average molecular weight is 612 g/mol.